The number of nitrogens with two attached hydrogens (primary N) is 1. The molecule has 0 aromatic heterocycles. The van der Waals surface area contributed by atoms with E-state index in [-0.39, 0.29) is 5.91 Å². The van der Waals surface area contributed by atoms with Crippen LogP contribution in [0.4, 0.5) is 11.4 Å². The fourth-order valence-electron chi connectivity index (χ4n) is 1.75. The zero-order valence-corrected chi connectivity index (χ0v) is 13.6. The predicted octanol–water partition coefficient (Wildman–Crippen LogP) is 4.10. The first-order valence-electron chi connectivity index (χ1n) is 6.14. The number of anilines is 2. The molecule has 0 fully saturated rings. The first-order chi connectivity index (χ1) is 9.54. The Labute approximate surface area is 136 Å². The fourth-order valence-corrected chi connectivity index (χ4v) is 2.75. The minimum absolute atomic E-state index is 0.0120. The van der Waals surface area contributed by atoms with E-state index in [1.54, 1.807) is 6.07 Å². The molecule has 0 aliphatic heterocycles. The quantitative estimate of drug-likeness (QED) is 0.600. The zero-order chi connectivity index (χ0) is 14.5. The minimum atomic E-state index is -0.0120. The van der Waals surface area contributed by atoms with Gasteiger partial charge in [-0.1, -0.05) is 23.7 Å². The van der Waals surface area contributed by atoms with Gasteiger partial charge in [0, 0.05) is 20.7 Å². The maximum atomic E-state index is 11.9. The van der Waals surface area contributed by atoms with Gasteiger partial charge in [0.05, 0.1) is 5.69 Å². The smallest absolute Gasteiger partial charge is 0.224 e. The van der Waals surface area contributed by atoms with E-state index in [9.17, 15) is 4.79 Å². The van der Waals surface area contributed by atoms with Crippen LogP contribution in [-0.2, 0) is 11.2 Å². The molecule has 0 atom stereocenters. The van der Waals surface area contributed by atoms with Crippen LogP contribution in [0.2, 0.25) is 5.02 Å². The monoisotopic (exact) mass is 400 g/mol. The molecule has 0 heterocycles. The number of carbonyl (C=O) groups excluding carboxylic acids is 1. The number of benzene rings is 2. The molecule has 0 saturated carbocycles. The van der Waals surface area contributed by atoms with Gasteiger partial charge < -0.3 is 11.1 Å². The second-order valence-corrected chi connectivity index (χ2v) is 6.01. The summed E-state index contributed by atoms with van der Waals surface area (Å²) in [5, 5.41) is 3.55. The van der Waals surface area contributed by atoms with Crippen LogP contribution in [0, 0.1) is 3.57 Å². The molecule has 3 N–H and O–H groups in total. The Morgan fingerprint density at radius 3 is 2.55 bits per heavy atom. The van der Waals surface area contributed by atoms with Crippen LogP contribution in [0.3, 0.4) is 0 Å². The van der Waals surface area contributed by atoms with Crippen LogP contribution in [0.5, 0.6) is 0 Å². The van der Waals surface area contributed by atoms with E-state index >= 15 is 0 Å². The van der Waals surface area contributed by atoms with Crippen molar-refractivity contribution in [3.8, 4) is 0 Å². The molecule has 5 heteroatoms. The third-order valence-corrected chi connectivity index (χ3v) is 3.95. The van der Waals surface area contributed by atoms with Crippen molar-refractivity contribution >= 4 is 51.5 Å². The largest absolute Gasteiger partial charge is 0.399 e. The number of carbonyl (C=O) groups is 1. The highest BCUT2D eigenvalue weighted by molar-refractivity contribution is 14.1. The lowest BCUT2D eigenvalue weighted by Crippen LogP contribution is -2.13. The van der Waals surface area contributed by atoms with Gasteiger partial charge in [-0.3, -0.25) is 4.79 Å². The molecule has 2 rings (SSSR count). The van der Waals surface area contributed by atoms with Gasteiger partial charge in [0.1, 0.15) is 0 Å². The number of aryl methyl sites for hydroxylation is 1. The molecular weight excluding hydrogens is 387 g/mol. The molecule has 0 saturated heterocycles. The van der Waals surface area contributed by atoms with Gasteiger partial charge >= 0.3 is 0 Å². The van der Waals surface area contributed by atoms with E-state index in [2.05, 4.69) is 27.9 Å². The lowest BCUT2D eigenvalue weighted by atomic mass is 10.1. The lowest BCUT2D eigenvalue weighted by molar-refractivity contribution is -0.116. The molecule has 2 aromatic rings. The van der Waals surface area contributed by atoms with Crippen LogP contribution < -0.4 is 11.1 Å². The third kappa shape index (κ3) is 4.38. The van der Waals surface area contributed by atoms with Crippen LogP contribution in [0.1, 0.15) is 12.0 Å². The molecule has 20 heavy (non-hydrogen) atoms. The molecular formula is C15H14ClIN2O. The van der Waals surface area contributed by atoms with Crippen molar-refractivity contribution in [1.29, 1.82) is 0 Å². The Bertz CT molecular complexity index is 614. The van der Waals surface area contributed by atoms with E-state index in [0.29, 0.717) is 17.9 Å². The Morgan fingerprint density at radius 2 is 1.90 bits per heavy atom. The van der Waals surface area contributed by atoms with Crippen LogP contribution >= 0.6 is 34.2 Å². The van der Waals surface area contributed by atoms with Crippen molar-refractivity contribution in [2.45, 2.75) is 12.8 Å². The zero-order valence-electron chi connectivity index (χ0n) is 10.7. The highest BCUT2D eigenvalue weighted by Crippen LogP contribution is 2.22. The summed E-state index contributed by atoms with van der Waals surface area (Å²) in [6, 6.07) is 13.0. The number of amides is 1. The van der Waals surface area contributed by atoms with Gasteiger partial charge in [-0.15, -0.1) is 0 Å². The summed E-state index contributed by atoms with van der Waals surface area (Å²) in [4.78, 5) is 11.9. The molecule has 3 nitrogen and oxygen atoms in total. The molecule has 0 aliphatic carbocycles. The number of nitrogens with one attached hydrogen (secondary N) is 1. The predicted molar refractivity (Wildman–Crippen MR) is 92.0 cm³/mol. The molecule has 0 unspecified atom stereocenters. The van der Waals surface area contributed by atoms with E-state index < -0.39 is 0 Å². The maximum absolute atomic E-state index is 11.9. The molecule has 0 spiro atoms. The Hall–Kier alpha value is -1.27. The third-order valence-electron chi connectivity index (χ3n) is 2.83. The average molecular weight is 401 g/mol. The van der Waals surface area contributed by atoms with Gasteiger partial charge in [0.25, 0.3) is 0 Å². The summed E-state index contributed by atoms with van der Waals surface area (Å²) < 4.78 is 0.927. The van der Waals surface area contributed by atoms with Crippen molar-refractivity contribution in [3.05, 3.63) is 56.6 Å². The van der Waals surface area contributed by atoms with Gasteiger partial charge in [0.15, 0.2) is 0 Å². The number of rotatable bonds is 4. The summed E-state index contributed by atoms with van der Waals surface area (Å²) >= 11 is 8.03. The van der Waals surface area contributed by atoms with Gasteiger partial charge in [0.2, 0.25) is 5.91 Å². The number of nitrogen functional groups attached to an aromatic ring is 1. The van der Waals surface area contributed by atoms with Gasteiger partial charge in [-0.05, 0) is 64.9 Å². The summed E-state index contributed by atoms with van der Waals surface area (Å²) in [6.07, 6.45) is 1.12. The van der Waals surface area contributed by atoms with Gasteiger partial charge in [-0.25, -0.2) is 0 Å². The summed E-state index contributed by atoms with van der Waals surface area (Å²) in [5.74, 6) is -0.0120. The fraction of sp³-hybridized carbons (Fsp3) is 0.133. The van der Waals surface area contributed by atoms with Gasteiger partial charge in [-0.2, -0.15) is 0 Å². The standard InChI is InChI=1S/C15H14ClIN2O/c16-11-4-7-14(13(17)9-11)19-15(20)8-3-10-1-5-12(18)6-2-10/h1-2,4-7,9H,3,8,18H2,(H,19,20). The van der Waals surface area contributed by atoms with Crippen molar-refractivity contribution in [1.82, 2.24) is 0 Å². The molecule has 0 radical (unpaired) electrons. The lowest BCUT2D eigenvalue weighted by Gasteiger charge is -2.08. The Morgan fingerprint density at radius 1 is 1.20 bits per heavy atom. The Kier molecular flexibility index (Phi) is 5.25. The summed E-state index contributed by atoms with van der Waals surface area (Å²) in [5.41, 5.74) is 8.24. The molecule has 0 bridgehead atoms. The van der Waals surface area contributed by atoms with Crippen LogP contribution in [0.15, 0.2) is 42.5 Å². The molecule has 0 aliphatic rings. The Balaban J connectivity index is 1.90. The summed E-state index contributed by atoms with van der Waals surface area (Å²) in [6.45, 7) is 0. The average Bonchev–Trinajstić information content (AvgIpc) is 2.41. The molecule has 104 valence electrons. The van der Waals surface area contributed by atoms with E-state index in [4.69, 9.17) is 17.3 Å². The van der Waals surface area contributed by atoms with Crippen molar-refractivity contribution in [2.75, 3.05) is 11.1 Å². The van der Waals surface area contributed by atoms with Crippen molar-refractivity contribution in [3.63, 3.8) is 0 Å². The minimum Gasteiger partial charge on any atom is -0.399 e. The topological polar surface area (TPSA) is 55.1 Å². The van der Waals surface area contributed by atoms with Crippen molar-refractivity contribution < 1.29 is 4.79 Å². The highest BCUT2D eigenvalue weighted by atomic mass is 127. The number of hydrogen-bond donors (Lipinski definition) is 2. The van der Waals surface area contributed by atoms with E-state index in [1.165, 1.54) is 0 Å². The van der Waals surface area contributed by atoms with E-state index in [1.807, 2.05) is 36.4 Å². The normalized spacial score (nSPS) is 10.3. The first kappa shape index (κ1) is 15.1. The highest BCUT2D eigenvalue weighted by Gasteiger charge is 2.06. The number of halogens is 2. The van der Waals surface area contributed by atoms with Crippen LogP contribution in [0.25, 0.3) is 0 Å². The number of hydrogen-bond acceptors (Lipinski definition) is 2. The SMILES string of the molecule is Nc1ccc(CCC(=O)Nc2ccc(Cl)cc2I)cc1. The maximum Gasteiger partial charge on any atom is 0.224 e. The first-order valence-corrected chi connectivity index (χ1v) is 7.59. The summed E-state index contributed by atoms with van der Waals surface area (Å²) in [7, 11) is 0. The van der Waals surface area contributed by atoms with Crippen molar-refractivity contribution in [2.24, 2.45) is 0 Å². The second-order valence-electron chi connectivity index (χ2n) is 4.41. The molecule has 2 aromatic carbocycles. The molecule has 1 amide bonds. The van der Waals surface area contributed by atoms with Crippen LogP contribution in [-0.4, -0.2) is 5.91 Å². The van der Waals surface area contributed by atoms with E-state index in [0.717, 1.165) is 20.5 Å². The second kappa shape index (κ2) is 6.95.